The third-order valence-electron chi connectivity index (χ3n) is 5.92. The molecule has 0 spiro atoms. The van der Waals surface area contributed by atoms with Crippen LogP contribution in [0.15, 0.2) is 54.7 Å². The molecule has 0 unspecified atom stereocenters. The number of likely N-dealkylation sites (tertiary alicyclic amines) is 1. The van der Waals surface area contributed by atoms with Gasteiger partial charge in [-0.3, -0.25) is 4.79 Å². The van der Waals surface area contributed by atoms with E-state index in [9.17, 15) is 4.79 Å². The van der Waals surface area contributed by atoms with Crippen molar-refractivity contribution < 1.29 is 4.79 Å². The molecule has 1 aliphatic rings. The molecule has 1 amide bonds. The minimum atomic E-state index is 0.167. The van der Waals surface area contributed by atoms with Crippen LogP contribution in [0.5, 0.6) is 0 Å². The number of carbonyl (C=O) groups excluding carboxylic acids is 1. The third-order valence-corrected chi connectivity index (χ3v) is 5.92. The first kappa shape index (κ1) is 18.8. The predicted molar refractivity (Wildman–Crippen MR) is 114 cm³/mol. The molecule has 1 fully saturated rings. The Morgan fingerprint density at radius 3 is 2.64 bits per heavy atom. The van der Waals surface area contributed by atoms with E-state index in [1.807, 2.05) is 23.2 Å². The number of aryl methyl sites for hydroxylation is 1. The van der Waals surface area contributed by atoms with Gasteiger partial charge in [-0.1, -0.05) is 49.4 Å². The molecular formula is C24H29N3O. The van der Waals surface area contributed by atoms with Crippen molar-refractivity contribution in [2.45, 2.75) is 45.2 Å². The van der Waals surface area contributed by atoms with Crippen LogP contribution in [0.3, 0.4) is 0 Å². The van der Waals surface area contributed by atoms with Crippen LogP contribution in [0.4, 0.5) is 0 Å². The van der Waals surface area contributed by atoms with Crippen LogP contribution in [0, 0.1) is 0 Å². The lowest BCUT2D eigenvalue weighted by atomic mass is 9.88. The Hall–Kier alpha value is -2.59. The molecule has 3 aromatic rings. The normalized spacial score (nSPS) is 15.3. The van der Waals surface area contributed by atoms with Crippen LogP contribution in [0.1, 0.15) is 53.6 Å². The lowest BCUT2D eigenvalue weighted by Gasteiger charge is -2.32. The number of piperidine rings is 1. The van der Waals surface area contributed by atoms with Crippen LogP contribution in [-0.2, 0) is 13.1 Å². The van der Waals surface area contributed by atoms with Gasteiger partial charge in [0, 0.05) is 43.3 Å². The summed E-state index contributed by atoms with van der Waals surface area (Å²) in [7, 11) is 0. The minimum absolute atomic E-state index is 0.167. The zero-order valence-corrected chi connectivity index (χ0v) is 16.6. The molecule has 0 bridgehead atoms. The Kier molecular flexibility index (Phi) is 5.49. The number of amides is 1. The third kappa shape index (κ3) is 3.57. The number of para-hydroxylation sites is 1. The number of aromatic nitrogens is 1. The molecule has 1 aromatic heterocycles. The quantitative estimate of drug-likeness (QED) is 0.712. The maximum absolute atomic E-state index is 13.3. The fraction of sp³-hybridized carbons (Fsp3) is 0.375. The fourth-order valence-electron chi connectivity index (χ4n) is 4.40. The number of carbonyl (C=O) groups is 1. The highest BCUT2D eigenvalue weighted by Gasteiger charge is 2.26. The summed E-state index contributed by atoms with van der Waals surface area (Å²) in [5, 5.41) is 1.07. The zero-order chi connectivity index (χ0) is 19.5. The summed E-state index contributed by atoms with van der Waals surface area (Å²) < 4.78 is 2.22. The first-order chi connectivity index (χ1) is 13.7. The highest BCUT2D eigenvalue weighted by atomic mass is 16.2. The van der Waals surface area contributed by atoms with E-state index in [1.54, 1.807) is 0 Å². The Bertz CT molecular complexity index is 967. The first-order valence-electron chi connectivity index (χ1n) is 10.4. The number of nitrogens with zero attached hydrogens (tertiary/aromatic N) is 2. The highest BCUT2D eigenvalue weighted by Crippen LogP contribution is 2.30. The summed E-state index contributed by atoms with van der Waals surface area (Å²) in [5.74, 6) is 0.678. The van der Waals surface area contributed by atoms with Gasteiger partial charge in [-0.2, -0.15) is 0 Å². The smallest absolute Gasteiger partial charge is 0.256 e. The average molecular weight is 376 g/mol. The summed E-state index contributed by atoms with van der Waals surface area (Å²) >= 11 is 0. The highest BCUT2D eigenvalue weighted by molar-refractivity contribution is 6.07. The fourth-order valence-corrected chi connectivity index (χ4v) is 4.40. The van der Waals surface area contributed by atoms with Gasteiger partial charge in [0.2, 0.25) is 0 Å². The second kappa shape index (κ2) is 8.19. The molecule has 4 rings (SSSR count). The van der Waals surface area contributed by atoms with Gasteiger partial charge in [-0.05, 0) is 42.4 Å². The minimum Gasteiger partial charge on any atom is -0.347 e. The van der Waals surface area contributed by atoms with Crippen molar-refractivity contribution in [1.29, 1.82) is 0 Å². The first-order valence-corrected chi connectivity index (χ1v) is 10.4. The van der Waals surface area contributed by atoms with Crippen LogP contribution >= 0.6 is 0 Å². The van der Waals surface area contributed by atoms with Gasteiger partial charge in [0.1, 0.15) is 0 Å². The van der Waals surface area contributed by atoms with Crippen molar-refractivity contribution in [3.63, 3.8) is 0 Å². The second-order valence-corrected chi connectivity index (χ2v) is 7.77. The maximum atomic E-state index is 13.3. The molecule has 1 aliphatic heterocycles. The van der Waals surface area contributed by atoms with Crippen molar-refractivity contribution in [3.05, 3.63) is 71.4 Å². The van der Waals surface area contributed by atoms with Gasteiger partial charge in [0.15, 0.2) is 0 Å². The summed E-state index contributed by atoms with van der Waals surface area (Å²) in [6.45, 7) is 5.30. The molecule has 0 saturated carbocycles. The van der Waals surface area contributed by atoms with E-state index in [4.69, 9.17) is 5.73 Å². The Labute approximate surface area is 166 Å². The SMILES string of the molecule is CCCn1cc(C(=O)N2CCC(c3cccc(CN)c3)CC2)c2ccccc21. The Balaban J connectivity index is 1.51. The molecule has 28 heavy (non-hydrogen) atoms. The van der Waals surface area contributed by atoms with Gasteiger partial charge < -0.3 is 15.2 Å². The van der Waals surface area contributed by atoms with Gasteiger partial charge in [-0.15, -0.1) is 0 Å². The molecule has 146 valence electrons. The van der Waals surface area contributed by atoms with E-state index in [2.05, 4.69) is 47.9 Å². The van der Waals surface area contributed by atoms with Crippen LogP contribution < -0.4 is 5.73 Å². The topological polar surface area (TPSA) is 51.3 Å². The van der Waals surface area contributed by atoms with E-state index in [0.29, 0.717) is 12.5 Å². The monoisotopic (exact) mass is 375 g/mol. The van der Waals surface area contributed by atoms with Gasteiger partial charge in [0.05, 0.1) is 5.56 Å². The van der Waals surface area contributed by atoms with Crippen LogP contribution in [0.2, 0.25) is 0 Å². The van der Waals surface area contributed by atoms with Crippen molar-refractivity contribution in [3.8, 4) is 0 Å². The molecule has 2 aromatic carbocycles. The molecule has 0 radical (unpaired) electrons. The second-order valence-electron chi connectivity index (χ2n) is 7.77. The molecule has 2 N–H and O–H groups in total. The van der Waals surface area contributed by atoms with E-state index in [-0.39, 0.29) is 5.91 Å². The molecule has 4 heteroatoms. The largest absolute Gasteiger partial charge is 0.347 e. The number of fused-ring (bicyclic) bond motifs is 1. The summed E-state index contributed by atoms with van der Waals surface area (Å²) in [4.78, 5) is 15.3. The molecule has 0 atom stereocenters. The van der Waals surface area contributed by atoms with E-state index < -0.39 is 0 Å². The molecular weight excluding hydrogens is 346 g/mol. The summed E-state index contributed by atoms with van der Waals surface area (Å²) in [5.41, 5.74) is 10.3. The lowest BCUT2D eigenvalue weighted by Crippen LogP contribution is -2.37. The zero-order valence-electron chi connectivity index (χ0n) is 16.6. The van der Waals surface area contributed by atoms with Crippen LogP contribution in [-0.4, -0.2) is 28.5 Å². The summed E-state index contributed by atoms with van der Waals surface area (Å²) in [6, 6.07) is 16.8. The van der Waals surface area contributed by atoms with Gasteiger partial charge in [-0.25, -0.2) is 0 Å². The maximum Gasteiger partial charge on any atom is 0.256 e. The molecule has 1 saturated heterocycles. The number of benzene rings is 2. The van der Waals surface area contributed by atoms with Crippen molar-refractivity contribution >= 4 is 16.8 Å². The average Bonchev–Trinajstić information content (AvgIpc) is 3.12. The van der Waals surface area contributed by atoms with Crippen molar-refractivity contribution in [2.24, 2.45) is 5.73 Å². The summed E-state index contributed by atoms with van der Waals surface area (Å²) in [6.07, 6.45) is 5.12. The van der Waals surface area contributed by atoms with E-state index in [1.165, 1.54) is 11.1 Å². The number of hydrogen-bond donors (Lipinski definition) is 1. The molecule has 0 aliphatic carbocycles. The molecule has 2 heterocycles. The van der Waals surface area contributed by atoms with Gasteiger partial charge >= 0.3 is 0 Å². The predicted octanol–water partition coefficient (Wildman–Crippen LogP) is 4.53. The standard InChI is InChI=1S/C24H29N3O/c1-2-12-27-17-22(21-8-3-4-9-23(21)27)24(28)26-13-10-19(11-14-26)20-7-5-6-18(15-20)16-25/h3-9,15,17,19H,2,10-14,16,25H2,1H3. The van der Waals surface area contributed by atoms with Crippen LogP contribution in [0.25, 0.3) is 10.9 Å². The van der Waals surface area contributed by atoms with Crippen molar-refractivity contribution in [1.82, 2.24) is 9.47 Å². The van der Waals surface area contributed by atoms with E-state index >= 15 is 0 Å². The number of hydrogen-bond acceptors (Lipinski definition) is 2. The van der Waals surface area contributed by atoms with Gasteiger partial charge in [0.25, 0.3) is 5.91 Å². The number of rotatable bonds is 5. The van der Waals surface area contributed by atoms with E-state index in [0.717, 1.165) is 55.4 Å². The Morgan fingerprint density at radius 1 is 1.11 bits per heavy atom. The van der Waals surface area contributed by atoms with Crippen molar-refractivity contribution in [2.75, 3.05) is 13.1 Å². The lowest BCUT2D eigenvalue weighted by molar-refractivity contribution is 0.0714. The molecule has 4 nitrogen and oxygen atoms in total. The number of nitrogens with two attached hydrogens (primary N) is 1. The Morgan fingerprint density at radius 2 is 1.89 bits per heavy atom.